The predicted octanol–water partition coefficient (Wildman–Crippen LogP) is 1.28. The van der Waals surface area contributed by atoms with Gasteiger partial charge in [-0.25, -0.2) is 4.79 Å². The van der Waals surface area contributed by atoms with Crippen LogP contribution in [-0.2, 0) is 16.0 Å². The van der Waals surface area contributed by atoms with Gasteiger partial charge in [-0.15, -0.1) is 10.2 Å². The van der Waals surface area contributed by atoms with E-state index in [9.17, 15) is 14.4 Å². The Labute approximate surface area is 164 Å². The standard InChI is InChI=1S/C18H19N5O4S/c1-3-27-16(25)11(2)28-18-22-21-14(23(18)13-7-5-4-6-8-13)9-12-10-15(24)20-17(26)19-12/h4-8,10-11H,3,9H2,1-2H3,(H2,19,20,24,26). The molecule has 2 aromatic heterocycles. The molecule has 9 nitrogen and oxygen atoms in total. The molecule has 0 fully saturated rings. The number of nitrogens with zero attached hydrogens (tertiary/aromatic N) is 3. The van der Waals surface area contributed by atoms with Crippen molar-refractivity contribution in [3.8, 4) is 5.69 Å². The van der Waals surface area contributed by atoms with E-state index >= 15 is 0 Å². The average molecular weight is 401 g/mol. The fraction of sp³-hybridized carbons (Fsp3) is 0.278. The molecule has 1 atom stereocenters. The highest BCUT2D eigenvalue weighted by Crippen LogP contribution is 2.27. The van der Waals surface area contributed by atoms with Crippen molar-refractivity contribution in [2.75, 3.05) is 6.61 Å². The second-order valence-electron chi connectivity index (χ2n) is 5.87. The monoisotopic (exact) mass is 401 g/mol. The maximum atomic E-state index is 12.0. The van der Waals surface area contributed by atoms with Crippen molar-refractivity contribution in [1.82, 2.24) is 24.7 Å². The largest absolute Gasteiger partial charge is 0.465 e. The van der Waals surface area contributed by atoms with E-state index in [1.165, 1.54) is 17.8 Å². The zero-order chi connectivity index (χ0) is 20.1. The number of benzene rings is 1. The summed E-state index contributed by atoms with van der Waals surface area (Å²) in [6.45, 7) is 3.79. The van der Waals surface area contributed by atoms with Crippen LogP contribution in [-0.4, -0.2) is 42.6 Å². The molecule has 1 unspecified atom stereocenters. The number of carbonyl (C=O) groups excluding carboxylic acids is 1. The lowest BCUT2D eigenvalue weighted by Crippen LogP contribution is -2.23. The highest BCUT2D eigenvalue weighted by atomic mass is 32.2. The molecule has 0 spiro atoms. The average Bonchev–Trinajstić information content (AvgIpc) is 3.03. The predicted molar refractivity (Wildman–Crippen MR) is 104 cm³/mol. The first-order chi connectivity index (χ1) is 13.5. The molecule has 2 N–H and O–H groups in total. The Morgan fingerprint density at radius 2 is 1.96 bits per heavy atom. The van der Waals surface area contributed by atoms with Crippen molar-refractivity contribution >= 4 is 17.7 Å². The topological polar surface area (TPSA) is 123 Å². The Morgan fingerprint density at radius 3 is 2.64 bits per heavy atom. The van der Waals surface area contributed by atoms with Crippen molar-refractivity contribution in [2.24, 2.45) is 0 Å². The minimum absolute atomic E-state index is 0.190. The molecule has 10 heteroatoms. The number of aromatic nitrogens is 5. The minimum Gasteiger partial charge on any atom is -0.465 e. The van der Waals surface area contributed by atoms with Gasteiger partial charge in [0.15, 0.2) is 5.16 Å². The number of aromatic amines is 2. The van der Waals surface area contributed by atoms with Gasteiger partial charge in [0.05, 0.1) is 6.61 Å². The molecule has 0 aliphatic heterocycles. The van der Waals surface area contributed by atoms with Crippen LogP contribution in [0.5, 0.6) is 0 Å². The summed E-state index contributed by atoms with van der Waals surface area (Å²) >= 11 is 1.23. The van der Waals surface area contributed by atoms with Gasteiger partial charge >= 0.3 is 11.7 Å². The van der Waals surface area contributed by atoms with Crippen LogP contribution in [0.2, 0.25) is 0 Å². The van der Waals surface area contributed by atoms with Crippen molar-refractivity contribution in [3.63, 3.8) is 0 Å². The molecule has 0 radical (unpaired) electrons. The SMILES string of the molecule is CCOC(=O)C(C)Sc1nnc(Cc2cc(=O)[nH]c(=O)[nH]2)n1-c1ccccc1. The summed E-state index contributed by atoms with van der Waals surface area (Å²) in [5.74, 6) is 0.182. The van der Waals surface area contributed by atoms with Crippen LogP contribution in [0.15, 0.2) is 51.1 Å². The van der Waals surface area contributed by atoms with Gasteiger partial charge in [-0.05, 0) is 26.0 Å². The first kappa shape index (κ1) is 19.6. The minimum atomic E-state index is -0.584. The summed E-state index contributed by atoms with van der Waals surface area (Å²) in [6.07, 6.45) is 0.190. The molecule has 1 aromatic carbocycles. The lowest BCUT2D eigenvalue weighted by molar-refractivity contribution is -0.142. The molecule has 0 amide bonds. The van der Waals surface area contributed by atoms with Crippen LogP contribution in [0.4, 0.5) is 0 Å². The Hall–Kier alpha value is -3.14. The summed E-state index contributed by atoms with van der Waals surface area (Å²) < 4.78 is 6.85. The van der Waals surface area contributed by atoms with Crippen LogP contribution in [0.3, 0.4) is 0 Å². The molecule has 3 rings (SSSR count). The quantitative estimate of drug-likeness (QED) is 0.451. The summed E-state index contributed by atoms with van der Waals surface area (Å²) in [5.41, 5.74) is 0.135. The van der Waals surface area contributed by atoms with Crippen molar-refractivity contribution in [2.45, 2.75) is 30.7 Å². The lowest BCUT2D eigenvalue weighted by Gasteiger charge is -2.13. The number of thioether (sulfide) groups is 1. The van der Waals surface area contributed by atoms with Crippen LogP contribution in [0, 0.1) is 0 Å². The van der Waals surface area contributed by atoms with E-state index in [1.807, 2.05) is 30.3 Å². The number of para-hydroxylation sites is 1. The molecule has 146 valence electrons. The van der Waals surface area contributed by atoms with Crippen LogP contribution in [0.1, 0.15) is 25.4 Å². The summed E-state index contributed by atoms with van der Waals surface area (Å²) in [7, 11) is 0. The Balaban J connectivity index is 1.99. The number of H-pyrrole nitrogens is 2. The van der Waals surface area contributed by atoms with Gasteiger partial charge in [-0.1, -0.05) is 30.0 Å². The third kappa shape index (κ3) is 4.58. The fourth-order valence-corrected chi connectivity index (χ4v) is 3.46. The molecular formula is C18H19N5O4S. The maximum Gasteiger partial charge on any atom is 0.325 e. The van der Waals surface area contributed by atoms with Gasteiger partial charge in [-0.3, -0.25) is 19.1 Å². The Bertz CT molecular complexity index is 1050. The summed E-state index contributed by atoms with van der Waals surface area (Å²) in [6, 6.07) is 10.7. The van der Waals surface area contributed by atoms with Gasteiger partial charge in [0.25, 0.3) is 5.56 Å². The molecule has 0 aliphatic rings. The lowest BCUT2D eigenvalue weighted by atomic mass is 10.2. The van der Waals surface area contributed by atoms with Crippen molar-refractivity contribution in [1.29, 1.82) is 0 Å². The highest BCUT2D eigenvalue weighted by Gasteiger charge is 2.22. The normalized spacial score (nSPS) is 11.9. The van der Waals surface area contributed by atoms with Crippen LogP contribution < -0.4 is 11.2 Å². The smallest absolute Gasteiger partial charge is 0.325 e. The number of carbonyl (C=O) groups is 1. The van der Waals surface area contributed by atoms with E-state index in [1.54, 1.807) is 18.4 Å². The van der Waals surface area contributed by atoms with E-state index in [0.717, 1.165) is 5.69 Å². The Morgan fingerprint density at radius 1 is 1.21 bits per heavy atom. The zero-order valence-corrected chi connectivity index (χ0v) is 16.2. The van der Waals surface area contributed by atoms with Gasteiger partial charge < -0.3 is 9.72 Å². The third-order valence-corrected chi connectivity index (χ3v) is 4.80. The molecular weight excluding hydrogens is 382 g/mol. The molecule has 2 heterocycles. The molecule has 0 saturated carbocycles. The van der Waals surface area contributed by atoms with E-state index in [0.29, 0.717) is 23.3 Å². The van der Waals surface area contributed by atoms with Gasteiger partial charge in [0.1, 0.15) is 11.1 Å². The molecule has 0 aliphatic carbocycles. The molecule has 0 saturated heterocycles. The number of esters is 1. The van der Waals surface area contributed by atoms with Gasteiger partial charge in [0, 0.05) is 23.9 Å². The van der Waals surface area contributed by atoms with Gasteiger partial charge in [0.2, 0.25) is 0 Å². The number of hydrogen-bond donors (Lipinski definition) is 2. The number of hydrogen-bond acceptors (Lipinski definition) is 7. The molecule has 3 aromatic rings. The molecule has 28 heavy (non-hydrogen) atoms. The fourth-order valence-electron chi connectivity index (χ4n) is 2.58. The highest BCUT2D eigenvalue weighted by molar-refractivity contribution is 8.00. The second-order valence-corrected chi connectivity index (χ2v) is 7.18. The van der Waals surface area contributed by atoms with E-state index in [-0.39, 0.29) is 12.4 Å². The summed E-state index contributed by atoms with van der Waals surface area (Å²) in [4.78, 5) is 39.8. The van der Waals surface area contributed by atoms with Crippen molar-refractivity contribution in [3.05, 3.63) is 68.8 Å². The zero-order valence-electron chi connectivity index (χ0n) is 15.3. The van der Waals surface area contributed by atoms with Crippen molar-refractivity contribution < 1.29 is 9.53 Å². The number of ether oxygens (including phenoxy) is 1. The first-order valence-electron chi connectivity index (χ1n) is 8.63. The van der Waals surface area contributed by atoms with E-state index in [4.69, 9.17) is 4.74 Å². The van der Waals surface area contributed by atoms with Crippen LogP contribution in [0.25, 0.3) is 5.69 Å². The number of rotatable bonds is 7. The summed E-state index contributed by atoms with van der Waals surface area (Å²) in [5, 5.41) is 8.45. The van der Waals surface area contributed by atoms with Crippen LogP contribution >= 0.6 is 11.8 Å². The van der Waals surface area contributed by atoms with Gasteiger partial charge in [-0.2, -0.15) is 0 Å². The number of nitrogens with one attached hydrogen (secondary N) is 2. The van der Waals surface area contributed by atoms with E-state index in [2.05, 4.69) is 20.2 Å². The Kier molecular flexibility index (Phi) is 6.09. The van der Waals surface area contributed by atoms with E-state index < -0.39 is 16.5 Å². The molecule has 0 bridgehead atoms. The first-order valence-corrected chi connectivity index (χ1v) is 9.51. The maximum absolute atomic E-state index is 12.0. The second kappa shape index (κ2) is 8.70. The third-order valence-electron chi connectivity index (χ3n) is 3.78.